The minimum atomic E-state index is -0.0501. The van der Waals surface area contributed by atoms with Crippen LogP contribution in [0.1, 0.15) is 24.6 Å². The van der Waals surface area contributed by atoms with Gasteiger partial charge in [-0.2, -0.15) is 16.7 Å². The summed E-state index contributed by atoms with van der Waals surface area (Å²) in [4.78, 5) is 8.61. The molecule has 0 saturated carbocycles. The van der Waals surface area contributed by atoms with E-state index in [9.17, 15) is 0 Å². The van der Waals surface area contributed by atoms with Crippen LogP contribution in [-0.2, 0) is 0 Å². The first-order valence-electron chi connectivity index (χ1n) is 5.82. The van der Waals surface area contributed by atoms with Crippen molar-refractivity contribution in [1.82, 2.24) is 15.4 Å². The van der Waals surface area contributed by atoms with Crippen molar-refractivity contribution in [3.63, 3.8) is 0 Å². The second-order valence-corrected chi connectivity index (χ2v) is 5.35. The number of thioether (sulfide) groups is 1. The van der Waals surface area contributed by atoms with Crippen LogP contribution in [0, 0.1) is 0 Å². The number of nitrogens with zero attached hydrogens (tertiary/aromatic N) is 2. The fourth-order valence-corrected chi connectivity index (χ4v) is 3.43. The molecule has 1 aromatic rings. The van der Waals surface area contributed by atoms with Gasteiger partial charge in [-0.05, 0) is 18.6 Å². The van der Waals surface area contributed by atoms with E-state index < -0.39 is 0 Å². The number of ether oxygens (including phenoxy) is 2. The molecule has 7 heteroatoms. The quantitative estimate of drug-likeness (QED) is 0.607. The number of aromatic nitrogens is 2. The van der Waals surface area contributed by atoms with Crippen LogP contribution in [0.15, 0.2) is 6.20 Å². The van der Waals surface area contributed by atoms with E-state index in [-0.39, 0.29) is 6.04 Å². The number of hydrazine groups is 1. The predicted molar refractivity (Wildman–Crippen MR) is 70.7 cm³/mol. The molecule has 2 unspecified atom stereocenters. The molecule has 0 aromatic carbocycles. The molecule has 2 heterocycles. The van der Waals surface area contributed by atoms with Gasteiger partial charge in [-0.3, -0.25) is 11.3 Å². The van der Waals surface area contributed by atoms with Crippen LogP contribution < -0.4 is 20.7 Å². The molecule has 100 valence electrons. The number of nitrogens with one attached hydrogen (secondary N) is 1. The number of nitrogens with two attached hydrogens (primary N) is 1. The number of hydrogen-bond donors (Lipinski definition) is 2. The Morgan fingerprint density at radius 1 is 1.50 bits per heavy atom. The third-order valence-electron chi connectivity index (χ3n) is 2.96. The lowest BCUT2D eigenvalue weighted by molar-refractivity contribution is 0.348. The van der Waals surface area contributed by atoms with Gasteiger partial charge in [0.2, 0.25) is 11.8 Å². The fourth-order valence-electron chi connectivity index (χ4n) is 2.06. The minimum Gasteiger partial charge on any atom is -0.480 e. The van der Waals surface area contributed by atoms with E-state index in [2.05, 4.69) is 15.4 Å². The van der Waals surface area contributed by atoms with Crippen molar-refractivity contribution < 1.29 is 9.47 Å². The van der Waals surface area contributed by atoms with Crippen LogP contribution in [0.2, 0.25) is 0 Å². The van der Waals surface area contributed by atoms with Gasteiger partial charge in [0.15, 0.2) is 0 Å². The zero-order valence-electron chi connectivity index (χ0n) is 10.5. The highest BCUT2D eigenvalue weighted by Gasteiger charge is 2.30. The van der Waals surface area contributed by atoms with E-state index in [1.54, 1.807) is 20.4 Å². The van der Waals surface area contributed by atoms with E-state index in [0.717, 1.165) is 17.9 Å². The molecule has 6 nitrogen and oxygen atoms in total. The molecule has 3 N–H and O–H groups in total. The summed E-state index contributed by atoms with van der Waals surface area (Å²) in [7, 11) is 3.12. The Morgan fingerprint density at radius 2 is 2.33 bits per heavy atom. The molecule has 0 bridgehead atoms. The van der Waals surface area contributed by atoms with Crippen molar-refractivity contribution in [1.29, 1.82) is 0 Å². The van der Waals surface area contributed by atoms with Crippen molar-refractivity contribution in [2.45, 2.75) is 24.1 Å². The van der Waals surface area contributed by atoms with Crippen LogP contribution >= 0.6 is 11.8 Å². The third-order valence-corrected chi connectivity index (χ3v) is 4.42. The van der Waals surface area contributed by atoms with Gasteiger partial charge in [-0.15, -0.1) is 0 Å². The maximum Gasteiger partial charge on any atom is 0.240 e. The molecule has 0 radical (unpaired) electrons. The zero-order chi connectivity index (χ0) is 13.0. The molecule has 1 aliphatic heterocycles. The molecular weight excluding hydrogens is 252 g/mol. The summed E-state index contributed by atoms with van der Waals surface area (Å²) < 4.78 is 10.3. The number of hydrogen-bond acceptors (Lipinski definition) is 7. The first kappa shape index (κ1) is 13.4. The predicted octanol–water partition coefficient (Wildman–Crippen LogP) is 0.894. The summed E-state index contributed by atoms with van der Waals surface area (Å²) in [6.07, 6.45) is 3.91. The lowest BCUT2D eigenvalue weighted by Gasteiger charge is -2.22. The fraction of sp³-hybridized carbons (Fsp3) is 0.636. The summed E-state index contributed by atoms with van der Waals surface area (Å²) in [6, 6.07) is -0.0501. The maximum atomic E-state index is 5.66. The lowest BCUT2D eigenvalue weighted by Crippen LogP contribution is -2.35. The maximum absolute atomic E-state index is 5.66. The highest BCUT2D eigenvalue weighted by atomic mass is 32.2. The summed E-state index contributed by atoms with van der Waals surface area (Å²) in [5.74, 6) is 7.72. The number of methoxy groups -OCH3 is 2. The Kier molecular flexibility index (Phi) is 4.62. The van der Waals surface area contributed by atoms with Gasteiger partial charge in [0.25, 0.3) is 0 Å². The summed E-state index contributed by atoms with van der Waals surface area (Å²) in [5, 5.41) is 0.409. The summed E-state index contributed by atoms with van der Waals surface area (Å²) in [6.45, 7) is 0. The van der Waals surface area contributed by atoms with Gasteiger partial charge in [-0.25, -0.2) is 4.98 Å². The van der Waals surface area contributed by atoms with Crippen LogP contribution in [0.3, 0.4) is 0 Å². The number of rotatable bonds is 5. The zero-order valence-corrected chi connectivity index (χ0v) is 11.4. The van der Waals surface area contributed by atoms with Gasteiger partial charge in [0, 0.05) is 5.25 Å². The van der Waals surface area contributed by atoms with Crippen molar-refractivity contribution >= 4 is 11.8 Å². The van der Waals surface area contributed by atoms with Crippen molar-refractivity contribution in [2.75, 3.05) is 20.0 Å². The van der Waals surface area contributed by atoms with Crippen LogP contribution in [0.5, 0.6) is 11.8 Å². The standard InChI is InChI=1S/C11H18N4O2S/c1-16-8-6-13-10(11(14-8)17-2)9(15-12)7-4-3-5-18-7/h6-7,9,15H,3-5,12H2,1-2H3. The summed E-state index contributed by atoms with van der Waals surface area (Å²) >= 11 is 1.90. The third kappa shape index (κ3) is 2.68. The van der Waals surface area contributed by atoms with E-state index in [1.165, 1.54) is 6.42 Å². The Bertz CT molecular complexity index is 399. The second-order valence-electron chi connectivity index (χ2n) is 4.00. The smallest absolute Gasteiger partial charge is 0.240 e. The molecule has 1 saturated heterocycles. The SMILES string of the molecule is COc1cnc(C(NN)C2CCCS2)c(OC)n1. The van der Waals surface area contributed by atoms with Crippen LogP contribution in [0.25, 0.3) is 0 Å². The van der Waals surface area contributed by atoms with Gasteiger partial charge in [0.05, 0.1) is 26.5 Å². The van der Waals surface area contributed by atoms with Gasteiger partial charge in [0.1, 0.15) is 5.69 Å². The topological polar surface area (TPSA) is 82.3 Å². The van der Waals surface area contributed by atoms with E-state index >= 15 is 0 Å². The van der Waals surface area contributed by atoms with E-state index in [0.29, 0.717) is 17.0 Å². The molecule has 0 aliphatic carbocycles. The lowest BCUT2D eigenvalue weighted by atomic mass is 10.1. The molecule has 1 aliphatic rings. The highest BCUT2D eigenvalue weighted by Crippen LogP contribution is 2.37. The largest absolute Gasteiger partial charge is 0.480 e. The molecule has 0 amide bonds. The Labute approximate surface area is 111 Å². The van der Waals surface area contributed by atoms with E-state index in [1.807, 2.05) is 11.8 Å². The Balaban J connectivity index is 2.28. The summed E-state index contributed by atoms with van der Waals surface area (Å²) in [5.41, 5.74) is 3.56. The minimum absolute atomic E-state index is 0.0501. The molecule has 0 spiro atoms. The van der Waals surface area contributed by atoms with Crippen LogP contribution in [0.4, 0.5) is 0 Å². The first-order chi connectivity index (χ1) is 8.80. The normalized spacial score (nSPS) is 20.7. The van der Waals surface area contributed by atoms with Crippen molar-refractivity contribution in [3.8, 4) is 11.8 Å². The van der Waals surface area contributed by atoms with Gasteiger partial charge in [-0.1, -0.05) is 0 Å². The molecule has 18 heavy (non-hydrogen) atoms. The van der Waals surface area contributed by atoms with Crippen LogP contribution in [-0.4, -0.2) is 35.2 Å². The Morgan fingerprint density at radius 3 is 2.89 bits per heavy atom. The van der Waals surface area contributed by atoms with E-state index in [4.69, 9.17) is 15.3 Å². The average Bonchev–Trinajstić information content (AvgIpc) is 2.94. The highest BCUT2D eigenvalue weighted by molar-refractivity contribution is 8.00. The van der Waals surface area contributed by atoms with Gasteiger partial charge < -0.3 is 9.47 Å². The van der Waals surface area contributed by atoms with Crippen molar-refractivity contribution in [2.24, 2.45) is 5.84 Å². The first-order valence-corrected chi connectivity index (χ1v) is 6.87. The average molecular weight is 270 g/mol. The molecule has 2 rings (SSSR count). The molecule has 1 fully saturated rings. The monoisotopic (exact) mass is 270 g/mol. The van der Waals surface area contributed by atoms with Gasteiger partial charge >= 0.3 is 0 Å². The molecular formula is C11H18N4O2S. The molecule has 2 atom stereocenters. The Hall–Kier alpha value is -1.05. The second kappa shape index (κ2) is 6.21. The van der Waals surface area contributed by atoms with Crippen molar-refractivity contribution in [3.05, 3.63) is 11.9 Å². The molecule has 1 aromatic heterocycles.